The van der Waals surface area contributed by atoms with Crippen LogP contribution in [-0.2, 0) is 16.8 Å². The molecule has 1 aromatic heterocycles. The molecule has 0 unspecified atom stereocenters. The van der Waals surface area contributed by atoms with E-state index < -0.39 is 0 Å². The van der Waals surface area contributed by atoms with Crippen LogP contribution in [0.25, 0.3) is 0 Å². The second kappa shape index (κ2) is 7.56. The van der Waals surface area contributed by atoms with Crippen molar-refractivity contribution in [2.75, 3.05) is 6.26 Å². The highest BCUT2D eigenvalue weighted by atomic mass is 32.2. The number of hydrogen-bond acceptors (Lipinski definition) is 4. The van der Waals surface area contributed by atoms with Crippen LogP contribution in [0.1, 0.15) is 48.2 Å². The second-order valence-corrected chi connectivity index (χ2v) is 7.48. The highest BCUT2D eigenvalue weighted by Gasteiger charge is 2.39. The molecule has 5 heteroatoms. The van der Waals surface area contributed by atoms with Crippen molar-refractivity contribution in [2.24, 2.45) is 0 Å². The number of thioether (sulfide) groups is 1. The molecule has 1 aromatic carbocycles. The molecule has 0 spiro atoms. The van der Waals surface area contributed by atoms with E-state index in [0.717, 1.165) is 41.4 Å². The first-order valence-corrected chi connectivity index (χ1v) is 10.0. The summed E-state index contributed by atoms with van der Waals surface area (Å²) in [6.45, 7) is 4.00. The van der Waals surface area contributed by atoms with E-state index in [1.165, 1.54) is 5.56 Å². The predicted molar refractivity (Wildman–Crippen MR) is 102 cm³/mol. The molecular formula is C20H25N3OS. The van der Waals surface area contributed by atoms with E-state index in [1.807, 2.05) is 38.3 Å². The molecule has 25 heavy (non-hydrogen) atoms. The Labute approximate surface area is 153 Å². The molecule has 1 aliphatic rings. The number of aryl methyl sites for hydroxylation is 2. The molecule has 2 aromatic rings. The standard InChI is InChI=1S/C20H25N3OS/c1-14-17(15(2)22-19(21-14)25-3)10-11-18(24)23-20(12-7-13-20)16-8-5-4-6-9-16/h4-6,8-9H,7,10-13H2,1-3H3,(H,23,24). The molecule has 0 atom stereocenters. The van der Waals surface area contributed by atoms with Crippen molar-refractivity contribution < 1.29 is 4.79 Å². The van der Waals surface area contributed by atoms with Gasteiger partial charge in [0.15, 0.2) is 5.16 Å². The van der Waals surface area contributed by atoms with Crippen LogP contribution in [0.5, 0.6) is 0 Å². The Bertz CT molecular complexity index is 734. The minimum atomic E-state index is -0.165. The minimum absolute atomic E-state index is 0.108. The Balaban J connectivity index is 1.66. The fraction of sp³-hybridized carbons (Fsp3) is 0.450. The lowest BCUT2D eigenvalue weighted by Gasteiger charge is -2.43. The lowest BCUT2D eigenvalue weighted by atomic mass is 9.71. The van der Waals surface area contributed by atoms with Gasteiger partial charge < -0.3 is 5.32 Å². The summed E-state index contributed by atoms with van der Waals surface area (Å²) in [7, 11) is 0. The maximum atomic E-state index is 12.6. The van der Waals surface area contributed by atoms with E-state index in [0.29, 0.717) is 12.8 Å². The largest absolute Gasteiger partial charge is 0.347 e. The Morgan fingerprint density at radius 2 is 1.80 bits per heavy atom. The average molecular weight is 356 g/mol. The number of nitrogens with zero attached hydrogens (tertiary/aromatic N) is 2. The van der Waals surface area contributed by atoms with Crippen molar-refractivity contribution in [1.29, 1.82) is 0 Å². The summed E-state index contributed by atoms with van der Waals surface area (Å²) in [6.07, 6.45) is 6.33. The van der Waals surface area contributed by atoms with Crippen molar-refractivity contribution in [3.8, 4) is 0 Å². The normalized spacial score (nSPS) is 15.5. The highest BCUT2D eigenvalue weighted by Crippen LogP contribution is 2.41. The average Bonchev–Trinajstić information content (AvgIpc) is 2.58. The Kier molecular flexibility index (Phi) is 5.42. The van der Waals surface area contributed by atoms with Gasteiger partial charge in [0, 0.05) is 17.8 Å². The molecule has 0 saturated heterocycles. The second-order valence-electron chi connectivity index (χ2n) is 6.71. The third kappa shape index (κ3) is 3.87. The first-order chi connectivity index (χ1) is 12.0. The van der Waals surface area contributed by atoms with Crippen molar-refractivity contribution >= 4 is 17.7 Å². The number of carbonyl (C=O) groups is 1. The fourth-order valence-corrected chi connectivity index (χ4v) is 3.96. The van der Waals surface area contributed by atoms with Gasteiger partial charge in [-0.3, -0.25) is 4.79 Å². The van der Waals surface area contributed by atoms with Gasteiger partial charge in [-0.2, -0.15) is 0 Å². The van der Waals surface area contributed by atoms with Gasteiger partial charge in [0.25, 0.3) is 0 Å². The van der Waals surface area contributed by atoms with E-state index in [2.05, 4.69) is 27.4 Å². The summed E-state index contributed by atoms with van der Waals surface area (Å²) >= 11 is 1.54. The molecule has 1 N–H and O–H groups in total. The molecule has 0 bridgehead atoms. The van der Waals surface area contributed by atoms with E-state index in [9.17, 15) is 4.79 Å². The van der Waals surface area contributed by atoms with Crippen molar-refractivity contribution in [1.82, 2.24) is 15.3 Å². The maximum Gasteiger partial charge on any atom is 0.221 e. The lowest BCUT2D eigenvalue weighted by molar-refractivity contribution is -0.124. The highest BCUT2D eigenvalue weighted by molar-refractivity contribution is 7.98. The molecule has 3 rings (SSSR count). The van der Waals surface area contributed by atoms with Crippen LogP contribution in [0.4, 0.5) is 0 Å². The number of benzene rings is 1. The van der Waals surface area contributed by atoms with Gasteiger partial charge in [-0.25, -0.2) is 9.97 Å². The van der Waals surface area contributed by atoms with Crippen molar-refractivity contribution in [2.45, 2.75) is 56.6 Å². The molecule has 4 nitrogen and oxygen atoms in total. The number of amides is 1. The summed E-state index contributed by atoms with van der Waals surface area (Å²) in [5.41, 5.74) is 4.10. The van der Waals surface area contributed by atoms with Crippen LogP contribution < -0.4 is 5.32 Å². The molecule has 0 aliphatic heterocycles. The molecule has 1 fully saturated rings. The van der Waals surface area contributed by atoms with E-state index in [-0.39, 0.29) is 11.4 Å². The molecule has 1 amide bonds. The van der Waals surface area contributed by atoms with Crippen molar-refractivity contribution in [3.63, 3.8) is 0 Å². The monoisotopic (exact) mass is 355 g/mol. The number of hydrogen-bond donors (Lipinski definition) is 1. The van der Waals surface area contributed by atoms with Crippen LogP contribution in [0, 0.1) is 13.8 Å². The minimum Gasteiger partial charge on any atom is -0.347 e. The molecule has 1 saturated carbocycles. The van der Waals surface area contributed by atoms with Gasteiger partial charge in [-0.15, -0.1) is 0 Å². The van der Waals surface area contributed by atoms with E-state index in [1.54, 1.807) is 11.8 Å². The summed E-state index contributed by atoms with van der Waals surface area (Å²) in [4.78, 5) is 21.6. The topological polar surface area (TPSA) is 54.9 Å². The van der Waals surface area contributed by atoms with Crippen molar-refractivity contribution in [3.05, 3.63) is 52.8 Å². The summed E-state index contributed by atoms with van der Waals surface area (Å²) < 4.78 is 0. The third-order valence-electron chi connectivity index (χ3n) is 5.10. The molecule has 132 valence electrons. The Morgan fingerprint density at radius 1 is 1.16 bits per heavy atom. The van der Waals surface area contributed by atoms with Gasteiger partial charge in [0.2, 0.25) is 5.91 Å². The molecular weight excluding hydrogens is 330 g/mol. The van der Waals surface area contributed by atoms with Crippen LogP contribution in [0.15, 0.2) is 35.5 Å². The van der Waals surface area contributed by atoms with Crippen LogP contribution in [-0.4, -0.2) is 22.1 Å². The number of aromatic nitrogens is 2. The zero-order valence-corrected chi connectivity index (χ0v) is 15.9. The quantitative estimate of drug-likeness (QED) is 0.630. The van der Waals surface area contributed by atoms with E-state index in [4.69, 9.17) is 0 Å². The van der Waals surface area contributed by atoms with Crippen LogP contribution in [0.2, 0.25) is 0 Å². The predicted octanol–water partition coefficient (Wildman–Crippen LogP) is 3.94. The summed E-state index contributed by atoms with van der Waals surface area (Å²) in [6, 6.07) is 10.3. The third-order valence-corrected chi connectivity index (χ3v) is 5.64. The summed E-state index contributed by atoms with van der Waals surface area (Å²) in [5.74, 6) is 0.108. The molecule has 0 radical (unpaired) electrons. The number of carbonyl (C=O) groups excluding carboxylic acids is 1. The zero-order chi connectivity index (χ0) is 17.9. The number of nitrogens with one attached hydrogen (secondary N) is 1. The number of rotatable bonds is 6. The summed E-state index contributed by atoms with van der Waals surface area (Å²) in [5, 5.41) is 4.09. The molecule has 1 heterocycles. The van der Waals surface area contributed by atoms with Crippen LogP contribution in [0.3, 0.4) is 0 Å². The van der Waals surface area contributed by atoms with Gasteiger partial charge >= 0.3 is 0 Å². The van der Waals surface area contributed by atoms with Gasteiger partial charge in [0.05, 0.1) is 5.54 Å². The zero-order valence-electron chi connectivity index (χ0n) is 15.1. The van der Waals surface area contributed by atoms with Gasteiger partial charge in [-0.05, 0) is 56.9 Å². The van der Waals surface area contributed by atoms with Crippen LogP contribution >= 0.6 is 11.8 Å². The Morgan fingerprint density at radius 3 is 2.32 bits per heavy atom. The fourth-order valence-electron chi connectivity index (χ4n) is 3.50. The van der Waals surface area contributed by atoms with Gasteiger partial charge in [0.1, 0.15) is 0 Å². The first kappa shape index (κ1) is 17.9. The lowest BCUT2D eigenvalue weighted by Crippen LogP contribution is -2.50. The Hall–Kier alpha value is -1.88. The smallest absolute Gasteiger partial charge is 0.221 e. The van der Waals surface area contributed by atoms with Gasteiger partial charge in [-0.1, -0.05) is 42.1 Å². The van der Waals surface area contributed by atoms with E-state index >= 15 is 0 Å². The molecule has 1 aliphatic carbocycles. The first-order valence-electron chi connectivity index (χ1n) is 8.79. The maximum absolute atomic E-state index is 12.6. The SMILES string of the molecule is CSc1nc(C)c(CCC(=O)NC2(c3ccccc3)CCC2)c(C)n1.